The summed E-state index contributed by atoms with van der Waals surface area (Å²) in [4.78, 5) is 11.4. The van der Waals surface area contributed by atoms with Gasteiger partial charge >= 0.3 is 6.01 Å². The number of nitrogens with zero attached hydrogens (tertiary/aromatic N) is 3. The topological polar surface area (TPSA) is 47.9 Å². The van der Waals surface area contributed by atoms with Crippen molar-refractivity contribution >= 4 is 0 Å². The summed E-state index contributed by atoms with van der Waals surface area (Å²) < 4.78 is 5.40. The van der Waals surface area contributed by atoms with Crippen molar-refractivity contribution in [2.75, 3.05) is 0 Å². The monoisotopic (exact) mass is 187 g/mol. The number of benzene rings is 1. The number of rotatable bonds is 2. The van der Waals surface area contributed by atoms with Crippen LogP contribution >= 0.6 is 0 Å². The average molecular weight is 187 g/mol. The third kappa shape index (κ3) is 2.04. The van der Waals surface area contributed by atoms with Gasteiger partial charge in [-0.15, -0.1) is 0 Å². The maximum Gasteiger partial charge on any atom is 0.324 e. The van der Waals surface area contributed by atoms with Crippen LogP contribution in [0.5, 0.6) is 11.8 Å². The third-order valence-corrected chi connectivity index (χ3v) is 1.67. The van der Waals surface area contributed by atoms with Crippen LogP contribution in [-0.2, 0) is 0 Å². The van der Waals surface area contributed by atoms with Gasteiger partial charge in [-0.25, -0.2) is 4.98 Å². The normalized spacial score (nSPS) is 9.79. The summed E-state index contributed by atoms with van der Waals surface area (Å²) in [6.07, 6.45) is 2.80. The molecule has 2 rings (SSSR count). The molecule has 0 saturated heterocycles. The zero-order valence-electron chi connectivity index (χ0n) is 7.71. The van der Waals surface area contributed by atoms with Gasteiger partial charge in [0.2, 0.25) is 0 Å². The van der Waals surface area contributed by atoms with Crippen molar-refractivity contribution in [1.82, 2.24) is 15.0 Å². The fraction of sp³-hybridized carbons (Fsp3) is 0.100. The number of aromatic nitrogens is 3. The van der Waals surface area contributed by atoms with Gasteiger partial charge in [-0.2, -0.15) is 9.97 Å². The zero-order valence-corrected chi connectivity index (χ0v) is 7.71. The molecule has 0 aliphatic heterocycles. The molecule has 0 atom stereocenters. The van der Waals surface area contributed by atoms with E-state index >= 15 is 0 Å². The number of hydrogen-bond acceptors (Lipinski definition) is 4. The molecule has 0 fully saturated rings. The van der Waals surface area contributed by atoms with E-state index in [1.807, 2.05) is 31.2 Å². The van der Waals surface area contributed by atoms with E-state index in [1.165, 1.54) is 12.7 Å². The Morgan fingerprint density at radius 3 is 2.64 bits per heavy atom. The minimum absolute atomic E-state index is 0.311. The van der Waals surface area contributed by atoms with Crippen molar-refractivity contribution in [1.29, 1.82) is 0 Å². The highest BCUT2D eigenvalue weighted by Gasteiger charge is 1.98. The molecule has 0 unspecified atom stereocenters. The summed E-state index contributed by atoms with van der Waals surface area (Å²) in [5.41, 5.74) is 1.14. The lowest BCUT2D eigenvalue weighted by molar-refractivity contribution is 0.439. The Bertz CT molecular complexity index is 417. The summed E-state index contributed by atoms with van der Waals surface area (Å²) >= 11 is 0. The summed E-state index contributed by atoms with van der Waals surface area (Å²) in [5, 5.41) is 0. The Labute approximate surface area is 81.6 Å². The van der Waals surface area contributed by atoms with Crippen molar-refractivity contribution in [2.24, 2.45) is 0 Å². The molecule has 2 aromatic rings. The zero-order chi connectivity index (χ0) is 9.80. The van der Waals surface area contributed by atoms with E-state index in [2.05, 4.69) is 15.0 Å². The lowest BCUT2D eigenvalue weighted by Gasteiger charge is -2.02. The Hall–Kier alpha value is -1.97. The lowest BCUT2D eigenvalue weighted by Crippen LogP contribution is -1.91. The molecular weight excluding hydrogens is 178 g/mol. The van der Waals surface area contributed by atoms with Crippen molar-refractivity contribution in [3.8, 4) is 11.8 Å². The van der Waals surface area contributed by atoms with Crippen LogP contribution in [0, 0.1) is 6.92 Å². The Kier molecular flexibility index (Phi) is 2.36. The second-order valence-electron chi connectivity index (χ2n) is 2.84. The molecule has 14 heavy (non-hydrogen) atoms. The van der Waals surface area contributed by atoms with Gasteiger partial charge in [-0.05, 0) is 24.6 Å². The summed E-state index contributed by atoms with van der Waals surface area (Å²) in [7, 11) is 0. The number of hydrogen-bond donors (Lipinski definition) is 0. The molecule has 0 amide bonds. The van der Waals surface area contributed by atoms with Crippen molar-refractivity contribution in [3.05, 3.63) is 42.5 Å². The maximum absolute atomic E-state index is 5.40. The molecule has 0 saturated carbocycles. The highest BCUT2D eigenvalue weighted by atomic mass is 16.5. The fourth-order valence-electron chi connectivity index (χ4n) is 1.07. The molecule has 1 aromatic carbocycles. The first kappa shape index (κ1) is 8.62. The van der Waals surface area contributed by atoms with Crippen LogP contribution in [0.4, 0.5) is 0 Å². The smallest absolute Gasteiger partial charge is 0.324 e. The summed E-state index contributed by atoms with van der Waals surface area (Å²) in [6.45, 7) is 2.00. The first-order chi connectivity index (χ1) is 6.84. The van der Waals surface area contributed by atoms with E-state index in [-0.39, 0.29) is 0 Å². The molecule has 70 valence electrons. The third-order valence-electron chi connectivity index (χ3n) is 1.67. The van der Waals surface area contributed by atoms with Crippen LogP contribution in [0.25, 0.3) is 0 Å². The van der Waals surface area contributed by atoms with Gasteiger partial charge in [0.1, 0.15) is 18.4 Å². The van der Waals surface area contributed by atoms with Gasteiger partial charge in [-0.3, -0.25) is 0 Å². The Balaban J connectivity index is 2.19. The van der Waals surface area contributed by atoms with Gasteiger partial charge in [0.25, 0.3) is 0 Å². The average Bonchev–Trinajstić information content (AvgIpc) is 2.19. The minimum Gasteiger partial charge on any atom is -0.424 e. The van der Waals surface area contributed by atoms with Gasteiger partial charge in [0.15, 0.2) is 0 Å². The molecule has 1 heterocycles. The molecule has 0 spiro atoms. The molecule has 0 bridgehead atoms. The van der Waals surface area contributed by atoms with Crippen LogP contribution in [0.1, 0.15) is 5.56 Å². The standard InChI is InChI=1S/C10H9N3O/c1-8-3-2-4-9(5-8)14-10-12-6-11-7-13-10/h2-7H,1H3. The predicted molar refractivity (Wildman–Crippen MR) is 51.1 cm³/mol. The second kappa shape index (κ2) is 3.83. The number of ether oxygens (including phenoxy) is 1. The summed E-state index contributed by atoms with van der Waals surface area (Å²) in [5.74, 6) is 0.733. The first-order valence-electron chi connectivity index (χ1n) is 4.21. The fourth-order valence-corrected chi connectivity index (χ4v) is 1.07. The molecule has 1 aromatic heterocycles. The Morgan fingerprint density at radius 1 is 1.14 bits per heavy atom. The SMILES string of the molecule is Cc1cccc(Oc2ncncn2)c1. The van der Waals surface area contributed by atoms with Gasteiger partial charge in [-0.1, -0.05) is 12.1 Å². The lowest BCUT2D eigenvalue weighted by atomic mass is 10.2. The summed E-state index contributed by atoms with van der Waals surface area (Å²) in [6, 6.07) is 8.01. The van der Waals surface area contributed by atoms with E-state index < -0.39 is 0 Å². The first-order valence-corrected chi connectivity index (χ1v) is 4.21. The van der Waals surface area contributed by atoms with E-state index in [0.717, 1.165) is 11.3 Å². The predicted octanol–water partition coefficient (Wildman–Crippen LogP) is 1.97. The Morgan fingerprint density at radius 2 is 1.93 bits per heavy atom. The van der Waals surface area contributed by atoms with E-state index in [0.29, 0.717) is 6.01 Å². The van der Waals surface area contributed by atoms with Crippen LogP contribution < -0.4 is 4.74 Å². The van der Waals surface area contributed by atoms with Crippen molar-refractivity contribution < 1.29 is 4.74 Å². The second-order valence-corrected chi connectivity index (χ2v) is 2.84. The van der Waals surface area contributed by atoms with Crippen LogP contribution in [-0.4, -0.2) is 15.0 Å². The van der Waals surface area contributed by atoms with E-state index in [4.69, 9.17) is 4.74 Å². The van der Waals surface area contributed by atoms with E-state index in [9.17, 15) is 0 Å². The van der Waals surface area contributed by atoms with Crippen LogP contribution in [0.15, 0.2) is 36.9 Å². The molecule has 0 aliphatic rings. The molecule has 4 nitrogen and oxygen atoms in total. The molecular formula is C10H9N3O. The quantitative estimate of drug-likeness (QED) is 0.721. The number of aryl methyl sites for hydroxylation is 1. The molecule has 0 aliphatic carbocycles. The van der Waals surface area contributed by atoms with Gasteiger partial charge in [0, 0.05) is 0 Å². The van der Waals surface area contributed by atoms with Crippen molar-refractivity contribution in [2.45, 2.75) is 6.92 Å². The van der Waals surface area contributed by atoms with Crippen LogP contribution in [0.3, 0.4) is 0 Å². The minimum atomic E-state index is 0.311. The van der Waals surface area contributed by atoms with Gasteiger partial charge < -0.3 is 4.74 Å². The molecule has 0 radical (unpaired) electrons. The van der Waals surface area contributed by atoms with Gasteiger partial charge in [0.05, 0.1) is 0 Å². The van der Waals surface area contributed by atoms with Crippen molar-refractivity contribution in [3.63, 3.8) is 0 Å². The van der Waals surface area contributed by atoms with Crippen LogP contribution in [0.2, 0.25) is 0 Å². The largest absolute Gasteiger partial charge is 0.424 e. The highest BCUT2D eigenvalue weighted by molar-refractivity contribution is 5.29. The molecule has 4 heteroatoms. The highest BCUT2D eigenvalue weighted by Crippen LogP contribution is 2.17. The molecule has 0 N–H and O–H groups in total. The van der Waals surface area contributed by atoms with E-state index in [1.54, 1.807) is 0 Å². The maximum atomic E-state index is 5.40.